The van der Waals surface area contributed by atoms with E-state index < -0.39 is 0 Å². The van der Waals surface area contributed by atoms with Gasteiger partial charge in [0.2, 0.25) is 0 Å². The summed E-state index contributed by atoms with van der Waals surface area (Å²) in [6, 6.07) is 14.1. The molecule has 1 aliphatic heterocycles. The average molecular weight is 293 g/mol. The van der Waals surface area contributed by atoms with Gasteiger partial charge >= 0.3 is 0 Å². The zero-order chi connectivity index (χ0) is 15.5. The molecule has 3 rings (SSSR count). The van der Waals surface area contributed by atoms with Crippen molar-refractivity contribution in [1.82, 2.24) is 4.90 Å². The summed E-state index contributed by atoms with van der Waals surface area (Å²) in [5.41, 5.74) is 5.10. The van der Waals surface area contributed by atoms with Gasteiger partial charge in [0, 0.05) is 17.7 Å². The second-order valence-electron chi connectivity index (χ2n) is 6.26. The molecule has 1 saturated heterocycles. The molecule has 0 saturated carbocycles. The summed E-state index contributed by atoms with van der Waals surface area (Å²) in [5.74, 6) is 0.129. The Hall–Kier alpha value is -1.93. The van der Waals surface area contributed by atoms with Crippen LogP contribution in [0.5, 0.6) is 0 Å². The first-order valence-electron chi connectivity index (χ1n) is 8.07. The summed E-state index contributed by atoms with van der Waals surface area (Å²) in [6.07, 6.45) is 2.59. The fourth-order valence-electron chi connectivity index (χ4n) is 3.16. The molecule has 2 nitrogen and oxygen atoms in total. The number of likely N-dealkylation sites (tertiary alicyclic amines) is 1. The first-order chi connectivity index (χ1) is 10.6. The molecule has 1 heterocycles. The molecule has 0 N–H and O–H groups in total. The third-order valence-corrected chi connectivity index (χ3v) is 4.64. The van der Waals surface area contributed by atoms with E-state index in [1.807, 2.05) is 31.2 Å². The summed E-state index contributed by atoms with van der Waals surface area (Å²) in [7, 11) is 0. The van der Waals surface area contributed by atoms with Crippen LogP contribution in [0, 0.1) is 13.8 Å². The fraction of sp³-hybridized carbons (Fsp3) is 0.350. The summed E-state index contributed by atoms with van der Waals surface area (Å²) >= 11 is 0. The van der Waals surface area contributed by atoms with Gasteiger partial charge in [-0.05, 0) is 62.5 Å². The highest BCUT2D eigenvalue weighted by molar-refractivity contribution is 6.10. The zero-order valence-corrected chi connectivity index (χ0v) is 13.4. The molecule has 0 unspecified atom stereocenters. The van der Waals surface area contributed by atoms with Gasteiger partial charge in [0.25, 0.3) is 0 Å². The van der Waals surface area contributed by atoms with Crippen LogP contribution in [0.1, 0.15) is 45.5 Å². The van der Waals surface area contributed by atoms with E-state index in [0.717, 1.165) is 23.2 Å². The van der Waals surface area contributed by atoms with Crippen LogP contribution in [-0.2, 0) is 6.54 Å². The molecule has 0 radical (unpaired) electrons. The second-order valence-corrected chi connectivity index (χ2v) is 6.26. The average Bonchev–Trinajstić information content (AvgIpc) is 3.02. The topological polar surface area (TPSA) is 20.3 Å². The molecule has 0 bridgehead atoms. The van der Waals surface area contributed by atoms with Crippen LogP contribution in [0.15, 0.2) is 42.5 Å². The van der Waals surface area contributed by atoms with E-state index in [1.165, 1.54) is 37.1 Å². The highest BCUT2D eigenvalue weighted by Gasteiger charge is 2.15. The number of hydrogen-bond acceptors (Lipinski definition) is 2. The lowest BCUT2D eigenvalue weighted by molar-refractivity contribution is 0.103. The van der Waals surface area contributed by atoms with Crippen LogP contribution in [0.3, 0.4) is 0 Å². The minimum atomic E-state index is 0.129. The van der Waals surface area contributed by atoms with Gasteiger partial charge in [0.1, 0.15) is 0 Å². The van der Waals surface area contributed by atoms with Gasteiger partial charge < -0.3 is 0 Å². The molecule has 2 heteroatoms. The Bertz CT molecular complexity index is 684. The van der Waals surface area contributed by atoms with Gasteiger partial charge in [0.15, 0.2) is 5.78 Å². The molecule has 0 amide bonds. The number of nitrogens with zero attached hydrogens (tertiary/aromatic N) is 1. The fourth-order valence-corrected chi connectivity index (χ4v) is 3.16. The molecular weight excluding hydrogens is 270 g/mol. The lowest BCUT2D eigenvalue weighted by atomic mass is 9.95. The van der Waals surface area contributed by atoms with E-state index in [4.69, 9.17) is 0 Å². The quantitative estimate of drug-likeness (QED) is 0.790. The van der Waals surface area contributed by atoms with Crippen LogP contribution in [0.4, 0.5) is 0 Å². The van der Waals surface area contributed by atoms with Crippen molar-refractivity contribution < 1.29 is 4.79 Å². The maximum absolute atomic E-state index is 12.8. The van der Waals surface area contributed by atoms with Crippen LogP contribution in [0.2, 0.25) is 0 Å². The predicted octanol–water partition coefficient (Wildman–Crippen LogP) is 4.13. The zero-order valence-electron chi connectivity index (χ0n) is 13.4. The van der Waals surface area contributed by atoms with Gasteiger partial charge in [-0.15, -0.1) is 0 Å². The molecule has 0 spiro atoms. The molecule has 1 aliphatic rings. The van der Waals surface area contributed by atoms with Gasteiger partial charge in [-0.3, -0.25) is 9.69 Å². The van der Waals surface area contributed by atoms with Crippen molar-refractivity contribution in [3.8, 4) is 0 Å². The summed E-state index contributed by atoms with van der Waals surface area (Å²) in [5, 5.41) is 0. The number of hydrogen-bond donors (Lipinski definition) is 0. The Morgan fingerprint density at radius 2 is 1.77 bits per heavy atom. The van der Waals surface area contributed by atoms with Crippen LogP contribution in [-0.4, -0.2) is 23.8 Å². The number of aryl methyl sites for hydroxylation is 1. The monoisotopic (exact) mass is 293 g/mol. The highest BCUT2D eigenvalue weighted by atomic mass is 16.1. The van der Waals surface area contributed by atoms with E-state index in [-0.39, 0.29) is 5.78 Å². The Morgan fingerprint density at radius 3 is 2.55 bits per heavy atom. The molecule has 0 aliphatic carbocycles. The number of rotatable bonds is 4. The molecule has 0 aromatic heterocycles. The Kier molecular flexibility index (Phi) is 4.39. The number of benzene rings is 2. The van der Waals surface area contributed by atoms with Crippen LogP contribution < -0.4 is 0 Å². The first-order valence-corrected chi connectivity index (χ1v) is 8.07. The standard InChI is InChI=1S/C20H23NO/c1-15-7-5-10-19(16(15)2)20(22)18-9-6-8-17(13-18)14-21-11-3-4-12-21/h5-10,13H,3-4,11-12,14H2,1-2H3. The second kappa shape index (κ2) is 6.45. The van der Waals surface area contributed by atoms with E-state index in [2.05, 4.69) is 30.0 Å². The van der Waals surface area contributed by atoms with Crippen molar-refractivity contribution in [2.24, 2.45) is 0 Å². The summed E-state index contributed by atoms with van der Waals surface area (Å²) in [6.45, 7) is 7.38. The SMILES string of the molecule is Cc1cccc(C(=O)c2cccc(CN3CCCC3)c2)c1C. The van der Waals surface area contributed by atoms with E-state index in [0.29, 0.717) is 0 Å². The maximum Gasteiger partial charge on any atom is 0.193 e. The summed E-state index contributed by atoms with van der Waals surface area (Å²) in [4.78, 5) is 15.3. The molecular formula is C20H23NO. The molecule has 0 atom stereocenters. The van der Waals surface area contributed by atoms with Crippen LogP contribution in [0.25, 0.3) is 0 Å². The van der Waals surface area contributed by atoms with Crippen molar-refractivity contribution in [1.29, 1.82) is 0 Å². The molecule has 2 aromatic rings. The van der Waals surface area contributed by atoms with Crippen molar-refractivity contribution in [3.63, 3.8) is 0 Å². The van der Waals surface area contributed by atoms with Crippen molar-refractivity contribution in [3.05, 3.63) is 70.3 Å². The highest BCUT2D eigenvalue weighted by Crippen LogP contribution is 2.19. The Balaban J connectivity index is 1.84. The van der Waals surface area contributed by atoms with Gasteiger partial charge in [-0.1, -0.05) is 36.4 Å². The lowest BCUT2D eigenvalue weighted by Gasteiger charge is -2.15. The van der Waals surface area contributed by atoms with Crippen LogP contribution >= 0.6 is 0 Å². The molecule has 114 valence electrons. The third kappa shape index (κ3) is 3.12. The molecule has 22 heavy (non-hydrogen) atoms. The Morgan fingerprint density at radius 1 is 1.05 bits per heavy atom. The summed E-state index contributed by atoms with van der Waals surface area (Å²) < 4.78 is 0. The largest absolute Gasteiger partial charge is 0.299 e. The lowest BCUT2D eigenvalue weighted by Crippen LogP contribution is -2.18. The minimum absolute atomic E-state index is 0.129. The normalized spacial score (nSPS) is 15.2. The number of ketones is 1. The van der Waals surface area contributed by atoms with Crippen molar-refractivity contribution >= 4 is 5.78 Å². The van der Waals surface area contributed by atoms with Crippen molar-refractivity contribution in [2.45, 2.75) is 33.2 Å². The smallest absolute Gasteiger partial charge is 0.193 e. The van der Waals surface area contributed by atoms with E-state index in [9.17, 15) is 4.79 Å². The van der Waals surface area contributed by atoms with E-state index in [1.54, 1.807) is 0 Å². The molecule has 2 aromatic carbocycles. The Labute approximate surface area is 132 Å². The first kappa shape index (κ1) is 15.0. The van der Waals surface area contributed by atoms with Crippen molar-refractivity contribution in [2.75, 3.05) is 13.1 Å². The number of carbonyl (C=O) groups is 1. The van der Waals surface area contributed by atoms with Gasteiger partial charge in [0.05, 0.1) is 0 Å². The number of carbonyl (C=O) groups excluding carboxylic acids is 1. The van der Waals surface area contributed by atoms with E-state index >= 15 is 0 Å². The third-order valence-electron chi connectivity index (χ3n) is 4.64. The minimum Gasteiger partial charge on any atom is -0.299 e. The van der Waals surface area contributed by atoms with Gasteiger partial charge in [-0.25, -0.2) is 0 Å². The molecule has 1 fully saturated rings. The predicted molar refractivity (Wildman–Crippen MR) is 90.3 cm³/mol. The maximum atomic E-state index is 12.8. The van der Waals surface area contributed by atoms with Gasteiger partial charge in [-0.2, -0.15) is 0 Å².